The molecule has 3 rings (SSSR count). The third-order valence-electron chi connectivity index (χ3n) is 4.17. The zero-order valence-corrected chi connectivity index (χ0v) is 15.0. The number of hydrogen-bond donors (Lipinski definition) is 3. The van der Waals surface area contributed by atoms with E-state index in [0.29, 0.717) is 28.0 Å². The Morgan fingerprint density at radius 2 is 2.00 bits per heavy atom. The van der Waals surface area contributed by atoms with Gasteiger partial charge >= 0.3 is 0 Å². The van der Waals surface area contributed by atoms with Crippen molar-refractivity contribution in [2.24, 2.45) is 0 Å². The number of rotatable bonds is 5. The largest absolute Gasteiger partial charge is 0.372 e. The van der Waals surface area contributed by atoms with Crippen molar-refractivity contribution < 1.29 is 4.79 Å². The fourth-order valence-electron chi connectivity index (χ4n) is 2.84. The van der Waals surface area contributed by atoms with Crippen molar-refractivity contribution in [3.63, 3.8) is 0 Å². The highest BCUT2D eigenvalue weighted by molar-refractivity contribution is 6.33. The minimum absolute atomic E-state index is 0.164. The summed E-state index contributed by atoms with van der Waals surface area (Å²) in [5.74, 6) is 0.727. The Hall–Kier alpha value is -2.54. The van der Waals surface area contributed by atoms with Crippen LogP contribution in [-0.2, 0) is 0 Å². The Kier molecular flexibility index (Phi) is 5.23. The Morgan fingerprint density at radius 3 is 2.68 bits per heavy atom. The number of hydrogen-bond acceptors (Lipinski definition) is 6. The Labute approximate surface area is 151 Å². The van der Waals surface area contributed by atoms with E-state index in [1.165, 1.54) is 19.0 Å². The second-order valence-electron chi connectivity index (χ2n) is 5.77. The predicted molar refractivity (Wildman–Crippen MR) is 101 cm³/mol. The molecule has 0 spiro atoms. The van der Waals surface area contributed by atoms with Crippen molar-refractivity contribution in [3.8, 4) is 0 Å². The van der Waals surface area contributed by atoms with Crippen LogP contribution in [0.15, 0.2) is 24.4 Å². The lowest BCUT2D eigenvalue weighted by atomic mass is 10.1. The Morgan fingerprint density at radius 1 is 1.24 bits per heavy atom. The van der Waals surface area contributed by atoms with Gasteiger partial charge in [-0.25, -0.2) is 4.98 Å². The minimum Gasteiger partial charge on any atom is -0.372 e. The van der Waals surface area contributed by atoms with Crippen LogP contribution in [0.2, 0.25) is 5.02 Å². The molecule has 1 amide bonds. The molecule has 2 aromatic rings. The van der Waals surface area contributed by atoms with Gasteiger partial charge in [-0.15, -0.1) is 0 Å². The molecule has 0 radical (unpaired) electrons. The molecule has 132 valence electrons. The summed E-state index contributed by atoms with van der Waals surface area (Å²) in [6.07, 6.45) is 3.87. The van der Waals surface area contributed by atoms with Gasteiger partial charge in [-0.05, 0) is 31.0 Å². The van der Waals surface area contributed by atoms with E-state index >= 15 is 0 Å². The summed E-state index contributed by atoms with van der Waals surface area (Å²) in [6.45, 7) is 2.03. The SMILES string of the molecule is CNC(=O)c1cc(N2CCCC2)ccc1Nc1nc(NC)ncc1Cl. The summed E-state index contributed by atoms with van der Waals surface area (Å²) in [4.78, 5) is 23.0. The maximum Gasteiger partial charge on any atom is 0.253 e. The summed E-state index contributed by atoms with van der Waals surface area (Å²) in [5, 5.41) is 9.08. The van der Waals surface area contributed by atoms with Crippen molar-refractivity contribution in [2.75, 3.05) is 42.7 Å². The number of benzene rings is 1. The van der Waals surface area contributed by atoms with Crippen molar-refractivity contribution in [2.45, 2.75) is 12.8 Å². The van der Waals surface area contributed by atoms with Crippen LogP contribution in [0.4, 0.5) is 23.1 Å². The van der Waals surface area contributed by atoms with Gasteiger partial charge in [0, 0.05) is 32.9 Å². The summed E-state index contributed by atoms with van der Waals surface area (Å²) in [6, 6.07) is 5.80. The first-order valence-corrected chi connectivity index (χ1v) is 8.58. The molecule has 0 atom stereocenters. The Balaban J connectivity index is 1.96. The molecule has 0 unspecified atom stereocenters. The van der Waals surface area contributed by atoms with Crippen LogP contribution in [0.5, 0.6) is 0 Å². The van der Waals surface area contributed by atoms with E-state index in [-0.39, 0.29) is 5.91 Å². The van der Waals surface area contributed by atoms with Gasteiger partial charge in [0.2, 0.25) is 5.95 Å². The molecule has 0 aliphatic carbocycles. The summed E-state index contributed by atoms with van der Waals surface area (Å²) >= 11 is 6.18. The highest BCUT2D eigenvalue weighted by Gasteiger charge is 2.18. The van der Waals surface area contributed by atoms with Gasteiger partial charge in [-0.3, -0.25) is 4.79 Å². The highest BCUT2D eigenvalue weighted by atomic mass is 35.5. The molecule has 2 heterocycles. The molecule has 3 N–H and O–H groups in total. The maximum atomic E-state index is 12.4. The van der Waals surface area contributed by atoms with Gasteiger partial charge in [-0.1, -0.05) is 11.6 Å². The van der Waals surface area contributed by atoms with Gasteiger partial charge in [0.1, 0.15) is 5.02 Å². The normalized spacial score (nSPS) is 13.6. The zero-order chi connectivity index (χ0) is 17.8. The van der Waals surface area contributed by atoms with Crippen molar-refractivity contribution in [1.29, 1.82) is 0 Å². The second-order valence-corrected chi connectivity index (χ2v) is 6.18. The van der Waals surface area contributed by atoms with Gasteiger partial charge in [0.05, 0.1) is 17.4 Å². The van der Waals surface area contributed by atoms with Crippen molar-refractivity contribution >= 4 is 40.6 Å². The Bertz CT molecular complexity index is 776. The van der Waals surface area contributed by atoms with E-state index < -0.39 is 0 Å². The maximum absolute atomic E-state index is 12.4. The third kappa shape index (κ3) is 3.76. The zero-order valence-electron chi connectivity index (χ0n) is 14.3. The second kappa shape index (κ2) is 7.57. The molecular weight excluding hydrogens is 340 g/mol. The number of nitrogens with zero attached hydrogens (tertiary/aromatic N) is 3. The van der Waals surface area contributed by atoms with Crippen LogP contribution >= 0.6 is 11.6 Å². The molecule has 0 saturated carbocycles. The van der Waals surface area contributed by atoms with Gasteiger partial charge in [0.25, 0.3) is 5.91 Å². The number of anilines is 4. The van der Waals surface area contributed by atoms with Crippen LogP contribution < -0.4 is 20.9 Å². The smallest absolute Gasteiger partial charge is 0.253 e. The van der Waals surface area contributed by atoms with Crippen molar-refractivity contribution in [3.05, 3.63) is 35.0 Å². The van der Waals surface area contributed by atoms with E-state index in [1.807, 2.05) is 18.2 Å². The summed E-state index contributed by atoms with van der Waals surface area (Å²) in [5.41, 5.74) is 2.24. The highest BCUT2D eigenvalue weighted by Crippen LogP contribution is 2.30. The van der Waals surface area contributed by atoms with E-state index in [9.17, 15) is 4.79 Å². The van der Waals surface area contributed by atoms with Crippen molar-refractivity contribution in [1.82, 2.24) is 15.3 Å². The lowest BCUT2D eigenvalue weighted by Gasteiger charge is -2.20. The average molecular weight is 361 g/mol. The first-order valence-electron chi connectivity index (χ1n) is 8.20. The van der Waals surface area contributed by atoms with Crippen LogP contribution in [0, 0.1) is 0 Å². The predicted octanol–water partition coefficient (Wildman–Crippen LogP) is 2.88. The van der Waals surface area contributed by atoms with E-state index in [4.69, 9.17) is 11.6 Å². The number of carbonyl (C=O) groups is 1. The first kappa shape index (κ1) is 17.3. The van der Waals surface area contributed by atoms with Gasteiger partial charge in [-0.2, -0.15) is 4.98 Å². The lowest BCUT2D eigenvalue weighted by Crippen LogP contribution is -2.22. The van der Waals surface area contributed by atoms with Gasteiger partial charge < -0.3 is 20.9 Å². The van der Waals surface area contributed by atoms with Crippen LogP contribution in [0.1, 0.15) is 23.2 Å². The van der Waals surface area contributed by atoms with Crippen LogP contribution in [0.25, 0.3) is 0 Å². The molecule has 1 aliphatic rings. The molecule has 1 aliphatic heterocycles. The van der Waals surface area contributed by atoms with E-state index in [1.54, 1.807) is 14.1 Å². The van der Waals surface area contributed by atoms with E-state index in [0.717, 1.165) is 18.8 Å². The number of halogens is 1. The number of carbonyl (C=O) groups excluding carboxylic acids is 1. The summed E-state index contributed by atoms with van der Waals surface area (Å²) < 4.78 is 0. The van der Waals surface area contributed by atoms with Crippen LogP contribution in [-0.4, -0.2) is 43.1 Å². The molecule has 1 aromatic carbocycles. The first-order chi connectivity index (χ1) is 12.1. The standard InChI is InChI=1S/C17H21ClN6O/c1-19-16(25)12-9-11(24-7-3-4-8-24)5-6-14(12)22-15-13(18)10-21-17(20-2)23-15/h5-6,9-10H,3-4,7-8H2,1-2H3,(H,19,25)(H2,20,21,22,23). The number of nitrogens with one attached hydrogen (secondary N) is 3. The quantitative estimate of drug-likeness (QED) is 0.760. The molecule has 1 aromatic heterocycles. The number of amides is 1. The molecule has 0 bridgehead atoms. The fourth-order valence-corrected chi connectivity index (χ4v) is 2.98. The average Bonchev–Trinajstić information content (AvgIpc) is 3.18. The van der Waals surface area contributed by atoms with Gasteiger partial charge in [0.15, 0.2) is 5.82 Å². The third-order valence-corrected chi connectivity index (χ3v) is 4.44. The molecular formula is C17H21ClN6O. The monoisotopic (exact) mass is 360 g/mol. The topological polar surface area (TPSA) is 82.2 Å². The fraction of sp³-hybridized carbons (Fsp3) is 0.353. The molecule has 25 heavy (non-hydrogen) atoms. The molecule has 1 fully saturated rings. The lowest BCUT2D eigenvalue weighted by molar-refractivity contribution is 0.0964. The van der Waals surface area contributed by atoms with E-state index in [2.05, 4.69) is 30.8 Å². The summed E-state index contributed by atoms with van der Waals surface area (Å²) in [7, 11) is 3.35. The number of aromatic nitrogens is 2. The molecule has 8 heteroatoms. The molecule has 7 nitrogen and oxygen atoms in total. The molecule has 1 saturated heterocycles. The minimum atomic E-state index is -0.164. The van der Waals surface area contributed by atoms with Crippen LogP contribution in [0.3, 0.4) is 0 Å².